The fourth-order valence-electron chi connectivity index (χ4n) is 5.04. The van der Waals surface area contributed by atoms with Crippen LogP contribution in [0.5, 0.6) is 11.5 Å². The molecule has 1 fully saturated rings. The molecule has 3 heterocycles. The van der Waals surface area contributed by atoms with Gasteiger partial charge in [-0.15, -0.1) is 0 Å². The van der Waals surface area contributed by atoms with E-state index in [9.17, 15) is 27.6 Å². The Kier molecular flexibility index (Phi) is 7.28. The topological polar surface area (TPSA) is 107 Å². The van der Waals surface area contributed by atoms with E-state index in [-0.39, 0.29) is 48.4 Å². The van der Waals surface area contributed by atoms with Gasteiger partial charge in [-0.05, 0) is 42.8 Å². The standard InChI is InChI=1S/C28H27F3N4O5/c1-17-20(26(32)37)13-22(35(17)14-19-4-2-3-5-21(19)28(29,30)31)23(36)15-33-8-10-34(11-9-33)27(38)18-6-7-24-25(12-18)40-16-39-24/h2-7,12-13H,8-11,14-16H2,1H3,(H2,32,37). The van der Waals surface area contributed by atoms with Crippen LogP contribution in [-0.4, -0.2) is 71.5 Å². The zero-order valence-electron chi connectivity index (χ0n) is 21.7. The number of benzene rings is 2. The molecule has 12 heteroatoms. The molecule has 1 saturated heterocycles. The van der Waals surface area contributed by atoms with Crippen molar-refractivity contribution in [2.75, 3.05) is 39.5 Å². The second kappa shape index (κ2) is 10.7. The number of Topliss-reactive ketones (excluding diaryl/α,β-unsaturated/α-hetero) is 1. The summed E-state index contributed by atoms with van der Waals surface area (Å²) >= 11 is 0. The number of rotatable bonds is 7. The number of halogens is 3. The minimum atomic E-state index is -4.58. The minimum absolute atomic E-state index is 0.0329. The molecule has 2 amide bonds. The lowest BCUT2D eigenvalue weighted by Crippen LogP contribution is -2.50. The Labute approximate surface area is 227 Å². The van der Waals surface area contributed by atoms with Crippen molar-refractivity contribution >= 4 is 17.6 Å². The quantitative estimate of drug-likeness (QED) is 0.448. The average Bonchev–Trinajstić information content (AvgIpc) is 3.52. The van der Waals surface area contributed by atoms with E-state index in [2.05, 4.69) is 0 Å². The number of hydrogen-bond donors (Lipinski definition) is 1. The number of amides is 2. The first-order chi connectivity index (χ1) is 19.0. The van der Waals surface area contributed by atoms with Crippen LogP contribution in [0.3, 0.4) is 0 Å². The molecule has 3 aromatic rings. The van der Waals surface area contributed by atoms with Gasteiger partial charge in [0.25, 0.3) is 11.8 Å². The Morgan fingerprint density at radius 3 is 2.35 bits per heavy atom. The number of nitrogens with zero attached hydrogens (tertiary/aromatic N) is 3. The molecule has 2 aromatic carbocycles. The van der Waals surface area contributed by atoms with Crippen molar-refractivity contribution in [1.29, 1.82) is 0 Å². The lowest BCUT2D eigenvalue weighted by atomic mass is 10.1. The van der Waals surface area contributed by atoms with Crippen LogP contribution in [0.2, 0.25) is 0 Å². The summed E-state index contributed by atoms with van der Waals surface area (Å²) in [6, 6.07) is 11.5. The first-order valence-corrected chi connectivity index (χ1v) is 12.6. The number of fused-ring (bicyclic) bond motifs is 1. The number of primary amides is 1. The summed E-state index contributed by atoms with van der Waals surface area (Å²) < 4.78 is 52.9. The van der Waals surface area contributed by atoms with E-state index in [1.54, 1.807) is 30.0 Å². The largest absolute Gasteiger partial charge is 0.454 e. The van der Waals surface area contributed by atoms with Gasteiger partial charge < -0.3 is 24.7 Å². The summed E-state index contributed by atoms with van der Waals surface area (Å²) in [6.07, 6.45) is -4.58. The summed E-state index contributed by atoms with van der Waals surface area (Å²) in [5.74, 6) is -0.202. The molecule has 40 heavy (non-hydrogen) atoms. The molecule has 2 aliphatic rings. The number of alkyl halides is 3. The lowest BCUT2D eigenvalue weighted by Gasteiger charge is -2.34. The molecule has 0 unspecified atom stereocenters. The van der Waals surface area contributed by atoms with Crippen LogP contribution in [0, 0.1) is 6.92 Å². The summed E-state index contributed by atoms with van der Waals surface area (Å²) in [7, 11) is 0. The normalized spacial score (nSPS) is 15.3. The number of piperazine rings is 1. The third-order valence-electron chi connectivity index (χ3n) is 7.22. The Bertz CT molecular complexity index is 1480. The summed E-state index contributed by atoms with van der Waals surface area (Å²) in [5, 5.41) is 0. The van der Waals surface area contributed by atoms with Crippen LogP contribution in [0.1, 0.15) is 48.0 Å². The third kappa shape index (κ3) is 5.39. The smallest absolute Gasteiger partial charge is 0.416 e. The Morgan fingerprint density at radius 1 is 0.950 bits per heavy atom. The summed E-state index contributed by atoms with van der Waals surface area (Å²) in [6.45, 7) is 2.97. The van der Waals surface area contributed by atoms with Gasteiger partial charge in [0, 0.05) is 44.0 Å². The van der Waals surface area contributed by atoms with Gasteiger partial charge in [0.15, 0.2) is 17.3 Å². The van der Waals surface area contributed by atoms with Gasteiger partial charge in [-0.3, -0.25) is 19.3 Å². The molecule has 0 saturated carbocycles. The van der Waals surface area contributed by atoms with E-state index in [1.807, 2.05) is 4.90 Å². The van der Waals surface area contributed by atoms with Gasteiger partial charge in [0.2, 0.25) is 6.79 Å². The van der Waals surface area contributed by atoms with E-state index < -0.39 is 17.6 Å². The second-order valence-corrected chi connectivity index (χ2v) is 9.69. The van der Waals surface area contributed by atoms with Crippen LogP contribution in [0.25, 0.3) is 0 Å². The number of ether oxygens (including phenoxy) is 2. The lowest BCUT2D eigenvalue weighted by molar-refractivity contribution is -0.138. The second-order valence-electron chi connectivity index (χ2n) is 9.69. The monoisotopic (exact) mass is 556 g/mol. The van der Waals surface area contributed by atoms with Gasteiger partial charge >= 0.3 is 6.18 Å². The maximum absolute atomic E-state index is 13.6. The molecule has 210 valence electrons. The fourth-order valence-corrected chi connectivity index (χ4v) is 5.04. The van der Waals surface area contributed by atoms with Crippen molar-refractivity contribution in [3.8, 4) is 11.5 Å². The molecule has 9 nitrogen and oxygen atoms in total. The van der Waals surface area contributed by atoms with E-state index in [0.717, 1.165) is 6.07 Å². The van der Waals surface area contributed by atoms with Crippen LogP contribution >= 0.6 is 0 Å². The highest BCUT2D eigenvalue weighted by molar-refractivity contribution is 6.01. The fraction of sp³-hybridized carbons (Fsp3) is 0.321. The number of carbonyl (C=O) groups excluding carboxylic acids is 3. The average molecular weight is 557 g/mol. The molecule has 2 N–H and O–H groups in total. The van der Waals surface area contributed by atoms with Crippen LogP contribution < -0.4 is 15.2 Å². The number of aromatic nitrogens is 1. The van der Waals surface area contributed by atoms with Crippen molar-refractivity contribution in [3.63, 3.8) is 0 Å². The highest BCUT2D eigenvalue weighted by Gasteiger charge is 2.34. The third-order valence-corrected chi connectivity index (χ3v) is 7.22. The van der Waals surface area contributed by atoms with Crippen LogP contribution in [0.15, 0.2) is 48.5 Å². The van der Waals surface area contributed by atoms with Gasteiger partial charge in [-0.25, -0.2) is 0 Å². The van der Waals surface area contributed by atoms with Gasteiger partial charge in [-0.1, -0.05) is 18.2 Å². The Balaban J connectivity index is 1.29. The Hall–Kier alpha value is -4.32. The molecule has 5 rings (SSSR count). The SMILES string of the molecule is Cc1c(C(N)=O)cc(C(=O)CN2CCN(C(=O)c3ccc4c(c3)OCO4)CC2)n1Cc1ccccc1C(F)(F)F. The van der Waals surface area contributed by atoms with Gasteiger partial charge in [0.1, 0.15) is 0 Å². The summed E-state index contributed by atoms with van der Waals surface area (Å²) in [4.78, 5) is 41.9. The van der Waals surface area contributed by atoms with Crippen molar-refractivity contribution in [2.45, 2.75) is 19.6 Å². The first kappa shape index (κ1) is 27.3. The highest BCUT2D eigenvalue weighted by Crippen LogP contribution is 2.34. The van der Waals surface area contributed by atoms with Crippen LogP contribution in [0.4, 0.5) is 13.2 Å². The maximum Gasteiger partial charge on any atom is 0.416 e. The van der Waals surface area contributed by atoms with E-state index >= 15 is 0 Å². The van der Waals surface area contributed by atoms with Crippen LogP contribution in [-0.2, 0) is 12.7 Å². The predicted octanol–water partition coefficient (Wildman–Crippen LogP) is 3.33. The van der Waals surface area contributed by atoms with Crippen molar-refractivity contribution in [3.05, 3.63) is 82.2 Å². The molecule has 0 atom stereocenters. The summed E-state index contributed by atoms with van der Waals surface area (Å²) in [5.41, 5.74) is 5.60. The molecule has 0 spiro atoms. The molecule has 2 aliphatic heterocycles. The van der Waals surface area contributed by atoms with Gasteiger partial charge in [-0.2, -0.15) is 13.2 Å². The highest BCUT2D eigenvalue weighted by atomic mass is 19.4. The molecule has 0 radical (unpaired) electrons. The predicted molar refractivity (Wildman–Crippen MR) is 137 cm³/mol. The number of carbonyl (C=O) groups is 3. The van der Waals surface area contributed by atoms with E-state index in [1.165, 1.54) is 28.8 Å². The molecule has 0 bridgehead atoms. The van der Waals surface area contributed by atoms with E-state index in [4.69, 9.17) is 15.2 Å². The Morgan fingerprint density at radius 2 is 1.65 bits per heavy atom. The first-order valence-electron chi connectivity index (χ1n) is 12.6. The molecular weight excluding hydrogens is 529 g/mol. The number of ketones is 1. The zero-order valence-corrected chi connectivity index (χ0v) is 21.7. The van der Waals surface area contributed by atoms with Crippen molar-refractivity contribution in [2.24, 2.45) is 5.73 Å². The molecular formula is C28H27F3N4O5. The van der Waals surface area contributed by atoms with Crippen molar-refractivity contribution in [1.82, 2.24) is 14.4 Å². The molecule has 0 aliphatic carbocycles. The molecule has 1 aromatic heterocycles. The number of hydrogen-bond acceptors (Lipinski definition) is 6. The van der Waals surface area contributed by atoms with E-state index in [0.29, 0.717) is 48.9 Å². The zero-order chi connectivity index (χ0) is 28.6. The minimum Gasteiger partial charge on any atom is -0.454 e. The maximum atomic E-state index is 13.6. The van der Waals surface area contributed by atoms with Crippen molar-refractivity contribution < 1.29 is 37.0 Å². The van der Waals surface area contributed by atoms with Gasteiger partial charge in [0.05, 0.1) is 23.4 Å². The number of nitrogens with two attached hydrogens (primary N) is 1.